The second kappa shape index (κ2) is 66.1. The minimum absolute atomic E-state index is 0.0900. The lowest BCUT2D eigenvalue weighted by atomic mass is 10.0. The molecule has 450 valence electrons. The van der Waals surface area contributed by atoms with Crippen LogP contribution in [0.15, 0.2) is 85.1 Å². The van der Waals surface area contributed by atoms with Crippen LogP contribution in [0.4, 0.5) is 0 Å². The minimum Gasteiger partial charge on any atom is -0.462 e. The molecule has 0 aromatic heterocycles. The average molecular weight is 1090 g/mol. The number of allylic oxidation sites excluding steroid dienone is 14. The number of esters is 3. The van der Waals surface area contributed by atoms with E-state index in [0.29, 0.717) is 12.8 Å². The van der Waals surface area contributed by atoms with Crippen molar-refractivity contribution in [3.63, 3.8) is 0 Å². The molecule has 0 saturated heterocycles. The van der Waals surface area contributed by atoms with Crippen LogP contribution in [0, 0.1) is 0 Å². The highest BCUT2D eigenvalue weighted by Gasteiger charge is 2.19. The Morgan fingerprint density at radius 3 is 0.821 bits per heavy atom. The van der Waals surface area contributed by atoms with E-state index >= 15 is 0 Å². The molecule has 0 aromatic carbocycles. The van der Waals surface area contributed by atoms with Crippen molar-refractivity contribution in [1.82, 2.24) is 0 Å². The van der Waals surface area contributed by atoms with Crippen LogP contribution in [0.25, 0.3) is 0 Å². The van der Waals surface area contributed by atoms with E-state index in [1.165, 1.54) is 186 Å². The second-order valence-corrected chi connectivity index (χ2v) is 22.4. The zero-order chi connectivity index (χ0) is 56.4. The monoisotopic (exact) mass is 1090 g/mol. The fourth-order valence-corrected chi connectivity index (χ4v) is 9.62. The van der Waals surface area contributed by atoms with E-state index in [-0.39, 0.29) is 37.5 Å². The fraction of sp³-hybridized carbons (Fsp3) is 0.764. The Bertz CT molecular complexity index is 1480. The van der Waals surface area contributed by atoms with Gasteiger partial charge in [-0.15, -0.1) is 0 Å². The lowest BCUT2D eigenvalue weighted by molar-refractivity contribution is -0.167. The first-order valence-electron chi connectivity index (χ1n) is 33.6. The average Bonchev–Trinajstić information content (AvgIpc) is 3.44. The molecule has 78 heavy (non-hydrogen) atoms. The van der Waals surface area contributed by atoms with Crippen molar-refractivity contribution in [2.75, 3.05) is 13.2 Å². The van der Waals surface area contributed by atoms with Gasteiger partial charge in [0.1, 0.15) is 13.2 Å². The van der Waals surface area contributed by atoms with E-state index in [1.54, 1.807) is 0 Å². The Morgan fingerprint density at radius 2 is 0.500 bits per heavy atom. The summed E-state index contributed by atoms with van der Waals surface area (Å²) in [4.78, 5) is 38.4. The van der Waals surface area contributed by atoms with Crippen LogP contribution in [0.1, 0.15) is 335 Å². The molecule has 1 atom stereocenters. The molecule has 0 aromatic rings. The number of rotatable bonds is 61. The molecule has 0 saturated carbocycles. The first-order valence-corrected chi connectivity index (χ1v) is 33.6. The number of carbonyl (C=O) groups excluding carboxylic acids is 3. The van der Waals surface area contributed by atoms with Crippen molar-refractivity contribution in [1.29, 1.82) is 0 Å². The van der Waals surface area contributed by atoms with E-state index in [0.717, 1.165) is 109 Å². The summed E-state index contributed by atoms with van der Waals surface area (Å²) in [5, 5.41) is 0. The maximum absolute atomic E-state index is 12.9. The maximum atomic E-state index is 12.9. The van der Waals surface area contributed by atoms with Crippen LogP contribution in [-0.2, 0) is 28.6 Å². The summed E-state index contributed by atoms with van der Waals surface area (Å²) in [5.74, 6) is -0.915. The van der Waals surface area contributed by atoms with Gasteiger partial charge >= 0.3 is 17.9 Å². The molecule has 0 aliphatic rings. The molecular formula is C72H126O6. The van der Waals surface area contributed by atoms with Gasteiger partial charge in [-0.1, -0.05) is 305 Å². The van der Waals surface area contributed by atoms with Crippen LogP contribution in [0.5, 0.6) is 0 Å². The molecule has 0 N–H and O–H groups in total. The van der Waals surface area contributed by atoms with Gasteiger partial charge in [0.25, 0.3) is 0 Å². The molecule has 0 radical (unpaired) electrons. The standard InChI is InChI=1S/C72H126O6/c1-4-7-10-13-16-19-22-25-28-31-33-34-35-36-37-39-41-44-47-50-53-56-59-62-65-71(74)77-68-69(67-76-70(73)64-61-58-55-52-49-46-43-40-30-27-24-21-18-15-12-9-6-3)78-72(75)66-63-60-57-54-51-48-45-42-38-32-29-26-23-20-17-14-11-8-5-2/h8,11,17-18,20-21,26-27,29-30,38,42,48,51,69H,4-7,9-10,12-16,19,22-25,28,31-37,39-41,43-47,49-50,52-68H2,1-3H3/b11-8-,20-17-,21-18-,29-26-,30-27-,42-38-,51-48-. The lowest BCUT2D eigenvalue weighted by Crippen LogP contribution is -2.30. The molecule has 0 fully saturated rings. The topological polar surface area (TPSA) is 78.9 Å². The summed E-state index contributed by atoms with van der Waals surface area (Å²) in [6.45, 7) is 6.51. The van der Waals surface area contributed by atoms with Crippen molar-refractivity contribution in [2.45, 2.75) is 341 Å². The molecule has 0 heterocycles. The van der Waals surface area contributed by atoms with Gasteiger partial charge in [-0.25, -0.2) is 0 Å². The molecule has 6 nitrogen and oxygen atoms in total. The summed E-state index contributed by atoms with van der Waals surface area (Å²) in [6.07, 6.45) is 87.4. The van der Waals surface area contributed by atoms with Crippen LogP contribution in [0.2, 0.25) is 0 Å². The van der Waals surface area contributed by atoms with E-state index in [4.69, 9.17) is 14.2 Å². The SMILES string of the molecule is CC/C=C\C/C=C\C/C=C\C/C=C\C/C=C\CCCCCC(=O)OC(COC(=O)CCCCCCCCC/C=C\C/C=C\CCCCC)COC(=O)CCCCCCCCCCCCCCCCCCCCCCCCCC. The zero-order valence-corrected chi connectivity index (χ0v) is 51.7. The highest BCUT2D eigenvalue weighted by atomic mass is 16.6. The number of carbonyl (C=O) groups is 3. The third kappa shape index (κ3) is 63.4. The first kappa shape index (κ1) is 74.6. The number of hydrogen-bond acceptors (Lipinski definition) is 6. The second-order valence-electron chi connectivity index (χ2n) is 22.4. The predicted octanol–water partition coefficient (Wildman–Crippen LogP) is 23.1. The largest absolute Gasteiger partial charge is 0.462 e. The van der Waals surface area contributed by atoms with Gasteiger partial charge in [0, 0.05) is 19.3 Å². The molecule has 0 spiro atoms. The van der Waals surface area contributed by atoms with Gasteiger partial charge in [0.15, 0.2) is 6.10 Å². The van der Waals surface area contributed by atoms with Crippen LogP contribution >= 0.6 is 0 Å². The third-order valence-corrected chi connectivity index (χ3v) is 14.6. The van der Waals surface area contributed by atoms with Gasteiger partial charge in [0.05, 0.1) is 0 Å². The normalized spacial score (nSPS) is 12.6. The molecule has 0 rings (SSSR count). The summed E-state index contributed by atoms with van der Waals surface area (Å²) in [6, 6.07) is 0. The highest BCUT2D eigenvalue weighted by Crippen LogP contribution is 2.17. The Hall–Kier alpha value is -3.41. The van der Waals surface area contributed by atoms with Crippen molar-refractivity contribution < 1.29 is 28.6 Å². The summed E-state index contributed by atoms with van der Waals surface area (Å²) < 4.78 is 16.9. The van der Waals surface area contributed by atoms with E-state index < -0.39 is 6.10 Å². The molecule has 0 bridgehead atoms. The van der Waals surface area contributed by atoms with Crippen LogP contribution in [-0.4, -0.2) is 37.2 Å². The Balaban J connectivity index is 4.38. The Kier molecular flexibility index (Phi) is 63.2. The van der Waals surface area contributed by atoms with Crippen molar-refractivity contribution in [3.8, 4) is 0 Å². The fourth-order valence-electron chi connectivity index (χ4n) is 9.62. The van der Waals surface area contributed by atoms with Crippen molar-refractivity contribution in [2.24, 2.45) is 0 Å². The Morgan fingerprint density at radius 1 is 0.269 bits per heavy atom. The van der Waals surface area contributed by atoms with Gasteiger partial charge in [0.2, 0.25) is 0 Å². The summed E-state index contributed by atoms with van der Waals surface area (Å²) in [5.41, 5.74) is 0. The van der Waals surface area contributed by atoms with Crippen LogP contribution < -0.4 is 0 Å². The third-order valence-electron chi connectivity index (χ3n) is 14.6. The zero-order valence-electron chi connectivity index (χ0n) is 51.7. The number of hydrogen-bond donors (Lipinski definition) is 0. The van der Waals surface area contributed by atoms with E-state index in [2.05, 4.69) is 106 Å². The summed E-state index contributed by atoms with van der Waals surface area (Å²) in [7, 11) is 0. The Labute approximate surface area is 484 Å². The molecular weight excluding hydrogens is 961 g/mol. The van der Waals surface area contributed by atoms with Gasteiger partial charge in [-0.05, 0) is 96.3 Å². The number of unbranched alkanes of at least 4 members (excludes halogenated alkanes) is 36. The van der Waals surface area contributed by atoms with Crippen molar-refractivity contribution >= 4 is 17.9 Å². The molecule has 6 heteroatoms. The first-order chi connectivity index (χ1) is 38.5. The molecule has 1 unspecified atom stereocenters. The number of ether oxygens (including phenoxy) is 3. The molecule has 0 aliphatic heterocycles. The highest BCUT2D eigenvalue weighted by molar-refractivity contribution is 5.71. The smallest absolute Gasteiger partial charge is 0.306 e. The van der Waals surface area contributed by atoms with Crippen molar-refractivity contribution in [3.05, 3.63) is 85.1 Å². The maximum Gasteiger partial charge on any atom is 0.306 e. The van der Waals surface area contributed by atoms with Gasteiger partial charge in [-0.3, -0.25) is 14.4 Å². The summed E-state index contributed by atoms with van der Waals surface area (Å²) >= 11 is 0. The van der Waals surface area contributed by atoms with E-state index in [9.17, 15) is 14.4 Å². The van der Waals surface area contributed by atoms with Gasteiger partial charge in [-0.2, -0.15) is 0 Å². The molecule has 0 aliphatic carbocycles. The minimum atomic E-state index is -0.798. The van der Waals surface area contributed by atoms with Crippen LogP contribution in [0.3, 0.4) is 0 Å². The van der Waals surface area contributed by atoms with Gasteiger partial charge < -0.3 is 14.2 Å². The molecule has 0 amide bonds. The lowest BCUT2D eigenvalue weighted by Gasteiger charge is -2.18. The quantitative estimate of drug-likeness (QED) is 0.0261. The predicted molar refractivity (Wildman–Crippen MR) is 339 cm³/mol. The van der Waals surface area contributed by atoms with E-state index in [1.807, 2.05) is 0 Å².